The van der Waals surface area contributed by atoms with Crippen LogP contribution in [0.15, 0.2) is 51.6 Å². The molecule has 1 atom stereocenters. The molecule has 7 nitrogen and oxygen atoms in total. The summed E-state index contributed by atoms with van der Waals surface area (Å²) in [4.78, 5) is 17.6. The predicted octanol–water partition coefficient (Wildman–Crippen LogP) is 4.02. The van der Waals surface area contributed by atoms with Gasteiger partial charge in [0.1, 0.15) is 5.82 Å². The summed E-state index contributed by atoms with van der Waals surface area (Å²) in [5.74, 6) is 1.03. The monoisotopic (exact) mass is 565 g/mol. The van der Waals surface area contributed by atoms with E-state index in [9.17, 15) is 9.90 Å². The van der Waals surface area contributed by atoms with Gasteiger partial charge in [-0.3, -0.25) is 4.79 Å². The molecular formula is C21H20IN5O2S2. The highest BCUT2D eigenvalue weighted by Crippen LogP contribution is 2.26. The van der Waals surface area contributed by atoms with Crippen molar-refractivity contribution >= 4 is 62.3 Å². The summed E-state index contributed by atoms with van der Waals surface area (Å²) in [6, 6.07) is 13.6. The number of aromatic nitrogens is 4. The van der Waals surface area contributed by atoms with E-state index >= 15 is 0 Å². The van der Waals surface area contributed by atoms with Gasteiger partial charge in [0.15, 0.2) is 4.34 Å². The maximum Gasteiger partial charge on any atom is 0.267 e. The lowest BCUT2D eigenvalue weighted by atomic mass is 10.2. The highest BCUT2D eigenvalue weighted by Gasteiger charge is 2.15. The second-order valence-corrected chi connectivity index (χ2v) is 10.4. The van der Waals surface area contributed by atoms with Crippen LogP contribution >= 0.6 is 45.7 Å². The number of benzene rings is 2. The number of halogens is 1. The van der Waals surface area contributed by atoms with Gasteiger partial charge in [-0.15, -0.1) is 10.2 Å². The van der Waals surface area contributed by atoms with E-state index in [1.807, 2.05) is 49.4 Å². The Labute approximate surface area is 201 Å². The molecule has 0 saturated heterocycles. The van der Waals surface area contributed by atoms with Gasteiger partial charge in [0.05, 0.1) is 17.0 Å². The molecule has 0 aliphatic carbocycles. The molecule has 2 aromatic heterocycles. The van der Waals surface area contributed by atoms with E-state index in [0.29, 0.717) is 38.5 Å². The number of aliphatic hydroxyl groups is 1. The number of aryl methyl sites for hydroxylation is 2. The van der Waals surface area contributed by atoms with Crippen molar-refractivity contribution in [3.05, 3.63) is 67.8 Å². The Bertz CT molecular complexity index is 1290. The molecule has 0 spiro atoms. The number of nitrogens with zero attached hydrogens (tertiary/aromatic N) is 4. The lowest BCUT2D eigenvalue weighted by molar-refractivity contribution is 0.213. The summed E-state index contributed by atoms with van der Waals surface area (Å²) in [5.41, 5.74) is 2.66. The topological polar surface area (TPSA) is 92.9 Å². The summed E-state index contributed by atoms with van der Waals surface area (Å²) < 4.78 is 3.16. The summed E-state index contributed by atoms with van der Waals surface area (Å²) >= 11 is 4.91. The van der Waals surface area contributed by atoms with E-state index < -0.39 is 6.10 Å². The fourth-order valence-electron chi connectivity index (χ4n) is 3.07. The number of nitrogens with one attached hydrogen (secondary N) is 1. The van der Waals surface area contributed by atoms with Gasteiger partial charge >= 0.3 is 0 Å². The maximum atomic E-state index is 13.0. The number of para-hydroxylation sites is 1. The number of hydrogen-bond acceptors (Lipinski definition) is 8. The third-order valence-corrected chi connectivity index (χ3v) is 7.52. The standard InChI is InChI=1S/C21H20IN5O2S2/c1-12-5-3-4-6-17(12)23-10-15(28)11-30-21-26-25-20(31-21)27-13(2)24-18-8-7-14(22)9-16(18)19(27)29/h3-9,15,23,28H,10-11H2,1-2H3. The summed E-state index contributed by atoms with van der Waals surface area (Å²) in [6.45, 7) is 4.25. The highest BCUT2D eigenvalue weighted by atomic mass is 127. The Balaban J connectivity index is 1.45. The summed E-state index contributed by atoms with van der Waals surface area (Å²) in [7, 11) is 0. The number of thioether (sulfide) groups is 1. The first kappa shape index (κ1) is 22.2. The first-order valence-electron chi connectivity index (χ1n) is 9.55. The molecule has 4 rings (SSSR count). The van der Waals surface area contributed by atoms with Crippen LogP contribution in [-0.2, 0) is 0 Å². The number of rotatable bonds is 7. The Kier molecular flexibility index (Phi) is 6.89. The molecule has 2 heterocycles. The van der Waals surface area contributed by atoms with Crippen LogP contribution in [0.2, 0.25) is 0 Å². The van der Waals surface area contributed by atoms with Crippen molar-refractivity contribution in [3.8, 4) is 5.13 Å². The SMILES string of the molecule is Cc1ccccc1NCC(O)CSc1nnc(-n2c(C)nc3ccc(I)cc3c2=O)s1. The van der Waals surface area contributed by atoms with E-state index in [1.165, 1.54) is 27.7 Å². The van der Waals surface area contributed by atoms with Crippen LogP contribution in [0.4, 0.5) is 5.69 Å². The molecule has 31 heavy (non-hydrogen) atoms. The zero-order chi connectivity index (χ0) is 22.0. The highest BCUT2D eigenvalue weighted by molar-refractivity contribution is 14.1. The van der Waals surface area contributed by atoms with Gasteiger partial charge < -0.3 is 10.4 Å². The number of fused-ring (bicyclic) bond motifs is 1. The Morgan fingerprint density at radius 1 is 1.23 bits per heavy atom. The van der Waals surface area contributed by atoms with E-state index in [0.717, 1.165) is 14.8 Å². The maximum absolute atomic E-state index is 13.0. The van der Waals surface area contributed by atoms with Crippen molar-refractivity contribution in [3.63, 3.8) is 0 Å². The average molecular weight is 565 g/mol. The minimum atomic E-state index is -0.550. The Morgan fingerprint density at radius 2 is 2.03 bits per heavy atom. The molecule has 0 bridgehead atoms. The van der Waals surface area contributed by atoms with Crippen molar-refractivity contribution < 1.29 is 5.11 Å². The molecule has 0 radical (unpaired) electrons. The van der Waals surface area contributed by atoms with Crippen LogP contribution in [0.1, 0.15) is 11.4 Å². The lowest BCUT2D eigenvalue weighted by Gasteiger charge is -2.13. The van der Waals surface area contributed by atoms with Gasteiger partial charge in [-0.2, -0.15) is 0 Å². The van der Waals surface area contributed by atoms with Crippen LogP contribution in [-0.4, -0.2) is 43.3 Å². The quantitative estimate of drug-likeness (QED) is 0.258. The molecule has 0 amide bonds. The minimum absolute atomic E-state index is 0.156. The van der Waals surface area contributed by atoms with Crippen molar-refractivity contribution in [1.29, 1.82) is 0 Å². The van der Waals surface area contributed by atoms with Crippen LogP contribution in [0.5, 0.6) is 0 Å². The van der Waals surface area contributed by atoms with Crippen LogP contribution < -0.4 is 10.9 Å². The van der Waals surface area contributed by atoms with Crippen molar-refractivity contribution in [2.24, 2.45) is 0 Å². The lowest BCUT2D eigenvalue weighted by Crippen LogP contribution is -2.22. The average Bonchev–Trinajstić information content (AvgIpc) is 3.21. The molecule has 2 aromatic carbocycles. The normalized spacial score (nSPS) is 12.3. The van der Waals surface area contributed by atoms with E-state index in [-0.39, 0.29) is 5.56 Å². The molecule has 0 fully saturated rings. The van der Waals surface area contributed by atoms with Gasteiger partial charge in [-0.25, -0.2) is 9.55 Å². The number of anilines is 1. The van der Waals surface area contributed by atoms with E-state index in [1.54, 1.807) is 6.92 Å². The third kappa shape index (κ3) is 5.08. The van der Waals surface area contributed by atoms with Crippen molar-refractivity contribution in [2.45, 2.75) is 24.3 Å². The molecule has 0 aliphatic rings. The third-order valence-electron chi connectivity index (χ3n) is 4.66. The fourth-order valence-corrected chi connectivity index (χ4v) is 5.40. The van der Waals surface area contributed by atoms with Gasteiger partial charge in [0.25, 0.3) is 5.56 Å². The largest absolute Gasteiger partial charge is 0.390 e. The molecule has 10 heteroatoms. The van der Waals surface area contributed by atoms with E-state index in [2.05, 4.69) is 43.1 Å². The number of aliphatic hydroxyl groups excluding tert-OH is 1. The van der Waals surface area contributed by atoms with Gasteiger partial charge in [0, 0.05) is 21.6 Å². The molecule has 0 aliphatic heterocycles. The zero-order valence-electron chi connectivity index (χ0n) is 16.9. The summed E-state index contributed by atoms with van der Waals surface area (Å²) in [6.07, 6.45) is -0.550. The van der Waals surface area contributed by atoms with Crippen LogP contribution in [0, 0.1) is 17.4 Å². The minimum Gasteiger partial charge on any atom is -0.390 e. The number of hydrogen-bond donors (Lipinski definition) is 2. The molecule has 0 saturated carbocycles. The van der Waals surface area contributed by atoms with Crippen LogP contribution in [0.3, 0.4) is 0 Å². The summed E-state index contributed by atoms with van der Waals surface area (Å²) in [5, 5.41) is 23.0. The Hall–Kier alpha value is -2.02. The van der Waals surface area contributed by atoms with Gasteiger partial charge in [0.2, 0.25) is 5.13 Å². The first-order valence-corrected chi connectivity index (χ1v) is 12.4. The van der Waals surface area contributed by atoms with E-state index in [4.69, 9.17) is 0 Å². The Morgan fingerprint density at radius 3 is 2.84 bits per heavy atom. The second kappa shape index (κ2) is 9.63. The molecule has 160 valence electrons. The second-order valence-electron chi connectivity index (χ2n) is 6.97. The van der Waals surface area contributed by atoms with Crippen molar-refractivity contribution in [1.82, 2.24) is 19.7 Å². The van der Waals surface area contributed by atoms with Crippen molar-refractivity contribution in [2.75, 3.05) is 17.6 Å². The molecule has 4 aromatic rings. The fraction of sp³-hybridized carbons (Fsp3) is 0.238. The van der Waals surface area contributed by atoms with Crippen LogP contribution in [0.25, 0.3) is 16.0 Å². The van der Waals surface area contributed by atoms with Gasteiger partial charge in [-0.1, -0.05) is 41.3 Å². The zero-order valence-corrected chi connectivity index (χ0v) is 20.7. The molecule has 1 unspecified atom stereocenters. The first-order chi connectivity index (χ1) is 14.9. The predicted molar refractivity (Wildman–Crippen MR) is 135 cm³/mol. The van der Waals surface area contributed by atoms with Gasteiger partial charge in [-0.05, 0) is 66.3 Å². The molecular weight excluding hydrogens is 545 g/mol. The smallest absolute Gasteiger partial charge is 0.267 e. The molecule has 2 N–H and O–H groups in total.